The molecule has 0 spiro atoms. The molecular weight excluding hydrogens is 533 g/mol. The van der Waals surface area contributed by atoms with Crippen LogP contribution in [0.25, 0.3) is 10.8 Å². The van der Waals surface area contributed by atoms with Gasteiger partial charge in [-0.05, 0) is 51.9 Å². The molecule has 5 heterocycles. The summed E-state index contributed by atoms with van der Waals surface area (Å²) in [4.78, 5) is 30.0. The van der Waals surface area contributed by atoms with E-state index in [-0.39, 0.29) is 12.1 Å². The van der Waals surface area contributed by atoms with Gasteiger partial charge in [-0.25, -0.2) is 9.37 Å². The highest BCUT2D eigenvalue weighted by Crippen LogP contribution is 2.39. The van der Waals surface area contributed by atoms with Gasteiger partial charge in [-0.3, -0.25) is 9.78 Å². The molecule has 0 saturated carbocycles. The van der Waals surface area contributed by atoms with Crippen LogP contribution < -0.4 is 14.5 Å². The maximum Gasteiger partial charge on any atom is 0.282 e. The van der Waals surface area contributed by atoms with E-state index in [1.165, 1.54) is 4.90 Å². The fourth-order valence-electron chi connectivity index (χ4n) is 6.66. The average Bonchev–Trinajstić information content (AvgIpc) is 3.42. The number of rotatable bonds is 6. The summed E-state index contributed by atoms with van der Waals surface area (Å²) in [6, 6.07) is 10.7. The van der Waals surface area contributed by atoms with Crippen molar-refractivity contribution in [3.8, 4) is 11.9 Å². The number of anilines is 2. The third-order valence-electron chi connectivity index (χ3n) is 8.92. The van der Waals surface area contributed by atoms with E-state index >= 15 is 0 Å². The number of pyridine rings is 2. The van der Waals surface area contributed by atoms with Crippen molar-refractivity contribution < 1.29 is 13.9 Å². The number of nitrogens with zero attached hydrogens (tertiary/aromatic N) is 7. The van der Waals surface area contributed by atoms with E-state index in [1.807, 2.05) is 31.5 Å². The van der Waals surface area contributed by atoms with Crippen LogP contribution in [-0.2, 0) is 17.8 Å². The lowest BCUT2D eigenvalue weighted by molar-refractivity contribution is -0.131. The lowest BCUT2D eigenvalue weighted by atomic mass is 9.96. The summed E-state index contributed by atoms with van der Waals surface area (Å²) in [6.45, 7) is 9.21. The van der Waals surface area contributed by atoms with Crippen LogP contribution in [0, 0.1) is 11.3 Å². The van der Waals surface area contributed by atoms with Gasteiger partial charge < -0.3 is 24.3 Å². The molecule has 1 aromatic carbocycles. The Morgan fingerprint density at radius 2 is 2.07 bits per heavy atom. The molecule has 0 bridgehead atoms. The molecule has 2 fully saturated rings. The number of benzene rings is 1. The van der Waals surface area contributed by atoms with Crippen LogP contribution in [0.3, 0.4) is 0 Å². The number of likely N-dealkylation sites (tertiary alicyclic amines) is 1. The molecule has 6 rings (SSSR count). The number of nitriles is 1. The van der Waals surface area contributed by atoms with Gasteiger partial charge in [0.05, 0.1) is 17.9 Å². The van der Waals surface area contributed by atoms with Crippen molar-refractivity contribution in [2.24, 2.45) is 0 Å². The Labute approximate surface area is 245 Å². The second kappa shape index (κ2) is 11.6. The molecule has 0 aliphatic carbocycles. The van der Waals surface area contributed by atoms with Crippen LogP contribution in [0.1, 0.15) is 36.6 Å². The number of carbonyl (C=O) groups excluding carboxylic acids is 1. The van der Waals surface area contributed by atoms with Gasteiger partial charge in [0.2, 0.25) is 5.88 Å². The Bertz CT molecular complexity index is 1570. The number of hydrogen-bond donors (Lipinski definition) is 0. The van der Waals surface area contributed by atoms with Crippen molar-refractivity contribution in [2.75, 3.05) is 56.2 Å². The Hall–Kier alpha value is -4.23. The normalized spacial score (nSPS) is 20.9. The van der Waals surface area contributed by atoms with E-state index in [0.29, 0.717) is 50.7 Å². The predicted molar refractivity (Wildman–Crippen MR) is 160 cm³/mol. The lowest BCUT2D eigenvalue weighted by Crippen LogP contribution is -2.54. The van der Waals surface area contributed by atoms with Crippen molar-refractivity contribution in [1.82, 2.24) is 19.8 Å². The number of amides is 1. The Morgan fingerprint density at radius 1 is 1.21 bits per heavy atom. The smallest absolute Gasteiger partial charge is 0.282 e. The van der Waals surface area contributed by atoms with Crippen molar-refractivity contribution in [2.45, 2.75) is 44.8 Å². The Morgan fingerprint density at radius 3 is 2.81 bits per heavy atom. The maximum absolute atomic E-state index is 13.7. The van der Waals surface area contributed by atoms with Gasteiger partial charge in [-0.15, -0.1) is 0 Å². The van der Waals surface area contributed by atoms with Gasteiger partial charge >= 0.3 is 0 Å². The molecule has 3 aromatic rings. The van der Waals surface area contributed by atoms with E-state index in [1.54, 1.807) is 0 Å². The molecule has 218 valence electrons. The van der Waals surface area contributed by atoms with Crippen LogP contribution in [-0.4, -0.2) is 84.1 Å². The Kier molecular flexibility index (Phi) is 7.69. The van der Waals surface area contributed by atoms with Crippen molar-refractivity contribution in [3.05, 3.63) is 65.9 Å². The van der Waals surface area contributed by atoms with Gasteiger partial charge in [0, 0.05) is 72.7 Å². The zero-order valence-electron chi connectivity index (χ0n) is 24.2. The highest BCUT2D eigenvalue weighted by Gasteiger charge is 2.35. The number of likely N-dealkylation sites (N-methyl/N-ethyl adjacent to an activating group) is 1. The number of aromatic nitrogens is 2. The molecule has 42 heavy (non-hydrogen) atoms. The van der Waals surface area contributed by atoms with E-state index in [2.05, 4.69) is 51.5 Å². The molecule has 0 unspecified atom stereocenters. The fourth-order valence-corrected chi connectivity index (χ4v) is 6.66. The third-order valence-corrected chi connectivity index (χ3v) is 8.92. The predicted octanol–water partition coefficient (Wildman–Crippen LogP) is 4.06. The average molecular weight is 570 g/mol. The maximum atomic E-state index is 13.7. The number of hydrogen-bond acceptors (Lipinski definition) is 8. The summed E-state index contributed by atoms with van der Waals surface area (Å²) < 4.78 is 20.1. The van der Waals surface area contributed by atoms with Crippen LogP contribution in [0.4, 0.5) is 15.8 Å². The highest BCUT2D eigenvalue weighted by molar-refractivity contribution is 5.94. The van der Waals surface area contributed by atoms with E-state index in [9.17, 15) is 14.4 Å². The van der Waals surface area contributed by atoms with Crippen LogP contribution in [0.15, 0.2) is 49.1 Å². The second-order valence-corrected chi connectivity index (χ2v) is 11.5. The molecule has 9 nitrogen and oxygen atoms in total. The number of ether oxygens (including phenoxy) is 1. The first kappa shape index (κ1) is 27.9. The first-order valence-electron chi connectivity index (χ1n) is 14.6. The summed E-state index contributed by atoms with van der Waals surface area (Å²) in [7, 11) is 2.10. The summed E-state index contributed by atoms with van der Waals surface area (Å²) in [6.07, 6.45) is 6.57. The highest BCUT2D eigenvalue weighted by atomic mass is 19.1. The van der Waals surface area contributed by atoms with E-state index in [4.69, 9.17) is 9.72 Å². The number of piperazine rings is 1. The summed E-state index contributed by atoms with van der Waals surface area (Å²) >= 11 is 0. The first-order valence-corrected chi connectivity index (χ1v) is 14.6. The fraction of sp³-hybridized carbons (Fsp3) is 0.438. The van der Waals surface area contributed by atoms with Crippen LogP contribution in [0.5, 0.6) is 5.88 Å². The van der Waals surface area contributed by atoms with Crippen LogP contribution >= 0.6 is 0 Å². The largest absolute Gasteiger partial charge is 0.475 e. The standard InChI is InChI=1S/C32H36FN7O2/c1-21-18-39(14-15-40(21)32(41)22(2)33)30-26-10-13-38(29-8-4-6-23-17-35-11-9-25(23)29)19-28(26)36-31(27(30)16-34)42-20-24-7-5-12-37(24)3/h4,6,8-9,11,17,21,24H,2,5,7,10,12-15,18-20H2,1,3H3/t21-,24-/m0/s1. The van der Waals surface area contributed by atoms with E-state index < -0.39 is 11.7 Å². The topological polar surface area (TPSA) is 88.8 Å². The molecule has 1 amide bonds. The van der Waals surface area contributed by atoms with Crippen molar-refractivity contribution >= 4 is 28.1 Å². The number of fused-ring (bicyclic) bond motifs is 2. The van der Waals surface area contributed by atoms with Gasteiger partial charge in [0.15, 0.2) is 5.83 Å². The van der Waals surface area contributed by atoms with Crippen molar-refractivity contribution in [3.63, 3.8) is 0 Å². The quantitative estimate of drug-likeness (QED) is 0.411. The minimum atomic E-state index is -0.953. The zero-order chi connectivity index (χ0) is 29.4. The molecule has 2 atom stereocenters. The molecule has 2 aromatic heterocycles. The summed E-state index contributed by atoms with van der Waals surface area (Å²) in [5.74, 6) is -1.27. The molecule has 10 heteroatoms. The van der Waals surface area contributed by atoms with Crippen LogP contribution in [0.2, 0.25) is 0 Å². The monoisotopic (exact) mass is 569 g/mol. The molecular formula is C32H36FN7O2. The molecule has 3 aliphatic heterocycles. The lowest BCUT2D eigenvalue weighted by Gasteiger charge is -2.42. The molecule has 0 N–H and O–H groups in total. The minimum absolute atomic E-state index is 0.255. The van der Waals surface area contributed by atoms with Gasteiger partial charge in [-0.2, -0.15) is 5.26 Å². The van der Waals surface area contributed by atoms with Crippen molar-refractivity contribution in [1.29, 1.82) is 5.26 Å². The number of halogens is 1. The SMILES string of the molecule is C=C(F)C(=O)N1CCN(c2c(C#N)c(OC[C@@H]3CCCN3C)nc3c2CCN(c2cccc4cnccc24)C3)C[C@@H]1C. The summed E-state index contributed by atoms with van der Waals surface area (Å²) in [5, 5.41) is 12.7. The first-order chi connectivity index (χ1) is 20.4. The Balaban J connectivity index is 1.37. The number of carbonyl (C=O) groups is 1. The molecule has 2 saturated heterocycles. The zero-order valence-corrected chi connectivity index (χ0v) is 24.2. The minimum Gasteiger partial charge on any atom is -0.475 e. The van der Waals surface area contributed by atoms with Gasteiger partial charge in [-0.1, -0.05) is 18.7 Å². The van der Waals surface area contributed by atoms with Gasteiger partial charge in [0.25, 0.3) is 5.91 Å². The third kappa shape index (κ3) is 5.13. The second-order valence-electron chi connectivity index (χ2n) is 11.5. The molecule has 0 radical (unpaired) electrons. The molecule has 3 aliphatic rings. The van der Waals surface area contributed by atoms with Gasteiger partial charge in [0.1, 0.15) is 18.2 Å². The summed E-state index contributed by atoms with van der Waals surface area (Å²) in [5.41, 5.74) is 4.31. The van der Waals surface area contributed by atoms with E-state index in [0.717, 1.165) is 59.3 Å².